The van der Waals surface area contributed by atoms with Crippen molar-refractivity contribution < 1.29 is 19.1 Å². The van der Waals surface area contributed by atoms with Crippen LogP contribution in [0.25, 0.3) is 0 Å². The molecule has 0 spiro atoms. The predicted octanol–water partition coefficient (Wildman–Crippen LogP) is 3.19. The fourth-order valence-corrected chi connectivity index (χ4v) is 2.20. The number of aromatic nitrogens is 1. The molecule has 3 amide bonds. The molecule has 0 bridgehead atoms. The lowest BCUT2D eigenvalue weighted by molar-refractivity contribution is -0.116. The summed E-state index contributed by atoms with van der Waals surface area (Å²) < 4.78 is 5.11. The Hall–Kier alpha value is -3.42. The van der Waals surface area contributed by atoms with Gasteiger partial charge in [-0.2, -0.15) is 0 Å². The second-order valence-electron chi connectivity index (χ2n) is 6.96. The van der Waals surface area contributed by atoms with E-state index in [4.69, 9.17) is 4.74 Å². The zero-order chi connectivity index (χ0) is 20.6. The molecule has 8 nitrogen and oxygen atoms in total. The van der Waals surface area contributed by atoms with Crippen molar-refractivity contribution in [2.24, 2.45) is 0 Å². The van der Waals surface area contributed by atoms with Crippen LogP contribution >= 0.6 is 0 Å². The van der Waals surface area contributed by atoms with Crippen LogP contribution in [-0.2, 0) is 9.53 Å². The maximum Gasteiger partial charge on any atom is 0.407 e. The first-order chi connectivity index (χ1) is 13.2. The largest absolute Gasteiger partial charge is 0.444 e. The molecule has 3 N–H and O–H groups in total. The number of benzene rings is 1. The van der Waals surface area contributed by atoms with Crippen LogP contribution in [0.15, 0.2) is 48.8 Å². The standard InChI is InChI=1S/C20H24N4O4/c1-20(2,3)28-19(27)22-13-10-17(25)23-15-6-4-5-7-16(15)24-18(26)14-8-11-21-12-9-14/h4-9,11-12H,10,13H2,1-3H3,(H,22,27)(H,23,25)(H,24,26). The summed E-state index contributed by atoms with van der Waals surface area (Å²) in [6, 6.07) is 10.1. The molecule has 0 radical (unpaired) electrons. The molecule has 0 atom stereocenters. The van der Waals surface area contributed by atoms with Crippen molar-refractivity contribution in [1.29, 1.82) is 0 Å². The van der Waals surface area contributed by atoms with Crippen molar-refractivity contribution in [3.8, 4) is 0 Å². The molecule has 8 heteroatoms. The molecule has 0 aliphatic carbocycles. The summed E-state index contributed by atoms with van der Waals surface area (Å²) >= 11 is 0. The highest BCUT2D eigenvalue weighted by molar-refractivity contribution is 6.07. The third-order valence-corrected chi connectivity index (χ3v) is 3.41. The van der Waals surface area contributed by atoms with E-state index in [-0.39, 0.29) is 24.8 Å². The van der Waals surface area contributed by atoms with Gasteiger partial charge in [0.05, 0.1) is 11.4 Å². The van der Waals surface area contributed by atoms with Gasteiger partial charge in [-0.3, -0.25) is 14.6 Å². The number of carbonyl (C=O) groups excluding carboxylic acids is 3. The molecule has 1 aromatic carbocycles. The topological polar surface area (TPSA) is 109 Å². The number of carbonyl (C=O) groups is 3. The molecule has 0 unspecified atom stereocenters. The number of hydrogen-bond acceptors (Lipinski definition) is 5. The molecule has 2 rings (SSSR count). The van der Waals surface area contributed by atoms with E-state index in [1.807, 2.05) is 0 Å². The molecule has 1 heterocycles. The van der Waals surface area contributed by atoms with Gasteiger partial charge in [-0.05, 0) is 45.0 Å². The molecule has 0 saturated carbocycles. The van der Waals surface area contributed by atoms with E-state index in [2.05, 4.69) is 20.9 Å². The minimum atomic E-state index is -0.599. The Balaban J connectivity index is 1.89. The van der Waals surface area contributed by atoms with Gasteiger partial charge in [-0.1, -0.05) is 12.1 Å². The van der Waals surface area contributed by atoms with E-state index in [0.29, 0.717) is 16.9 Å². The van der Waals surface area contributed by atoms with Crippen molar-refractivity contribution in [2.45, 2.75) is 32.8 Å². The minimum Gasteiger partial charge on any atom is -0.444 e. The molecule has 148 valence electrons. The van der Waals surface area contributed by atoms with E-state index >= 15 is 0 Å². The second kappa shape index (κ2) is 9.50. The van der Waals surface area contributed by atoms with Gasteiger partial charge in [-0.15, -0.1) is 0 Å². The highest BCUT2D eigenvalue weighted by Gasteiger charge is 2.16. The average molecular weight is 384 g/mol. The van der Waals surface area contributed by atoms with E-state index < -0.39 is 11.7 Å². The first-order valence-electron chi connectivity index (χ1n) is 8.82. The van der Waals surface area contributed by atoms with Crippen LogP contribution in [0.1, 0.15) is 37.6 Å². The van der Waals surface area contributed by atoms with Gasteiger partial charge in [-0.25, -0.2) is 4.79 Å². The van der Waals surface area contributed by atoms with Crippen molar-refractivity contribution in [1.82, 2.24) is 10.3 Å². The Labute approximate surface area is 163 Å². The van der Waals surface area contributed by atoms with Crippen molar-refractivity contribution in [3.05, 3.63) is 54.4 Å². The van der Waals surface area contributed by atoms with Crippen LogP contribution in [0.2, 0.25) is 0 Å². The predicted molar refractivity (Wildman–Crippen MR) is 106 cm³/mol. The number of pyridine rings is 1. The number of nitrogens with zero attached hydrogens (tertiary/aromatic N) is 1. The monoisotopic (exact) mass is 384 g/mol. The van der Waals surface area contributed by atoms with Gasteiger partial charge >= 0.3 is 6.09 Å². The molecule has 0 saturated heterocycles. The van der Waals surface area contributed by atoms with Gasteiger partial charge in [0.25, 0.3) is 5.91 Å². The third kappa shape index (κ3) is 7.06. The van der Waals surface area contributed by atoms with E-state index in [0.717, 1.165) is 0 Å². The highest BCUT2D eigenvalue weighted by atomic mass is 16.6. The van der Waals surface area contributed by atoms with Crippen LogP contribution in [0, 0.1) is 0 Å². The van der Waals surface area contributed by atoms with E-state index in [1.54, 1.807) is 57.2 Å². The van der Waals surface area contributed by atoms with Gasteiger partial charge in [0.1, 0.15) is 5.60 Å². The van der Waals surface area contributed by atoms with Crippen LogP contribution < -0.4 is 16.0 Å². The molecule has 0 aliphatic heterocycles. The fourth-order valence-electron chi connectivity index (χ4n) is 2.20. The van der Waals surface area contributed by atoms with Crippen LogP contribution in [0.5, 0.6) is 0 Å². The number of amides is 3. The van der Waals surface area contributed by atoms with E-state index in [9.17, 15) is 14.4 Å². The van der Waals surface area contributed by atoms with Gasteiger partial charge in [0, 0.05) is 30.9 Å². The molecule has 28 heavy (non-hydrogen) atoms. The van der Waals surface area contributed by atoms with Crippen LogP contribution in [-0.4, -0.2) is 35.0 Å². The fraction of sp³-hybridized carbons (Fsp3) is 0.300. The molecule has 2 aromatic rings. The maximum absolute atomic E-state index is 12.3. The summed E-state index contributed by atoms with van der Waals surface area (Å²) in [5.41, 5.74) is 0.792. The summed E-state index contributed by atoms with van der Waals surface area (Å²) in [7, 11) is 0. The average Bonchev–Trinajstić information content (AvgIpc) is 2.62. The first-order valence-corrected chi connectivity index (χ1v) is 8.82. The Morgan fingerprint density at radius 1 is 0.964 bits per heavy atom. The molecule has 1 aromatic heterocycles. The summed E-state index contributed by atoms with van der Waals surface area (Å²) in [6.45, 7) is 5.41. The normalized spacial score (nSPS) is 10.7. The lowest BCUT2D eigenvalue weighted by Crippen LogP contribution is -2.34. The Morgan fingerprint density at radius 2 is 1.57 bits per heavy atom. The van der Waals surface area contributed by atoms with Crippen LogP contribution in [0.4, 0.5) is 16.2 Å². The van der Waals surface area contributed by atoms with Gasteiger partial charge in [0.2, 0.25) is 5.91 Å². The number of rotatable bonds is 6. The molecular formula is C20H24N4O4. The maximum atomic E-state index is 12.3. The summed E-state index contributed by atoms with van der Waals surface area (Å²) in [5.74, 6) is -0.614. The summed E-state index contributed by atoms with van der Waals surface area (Å²) in [5, 5.41) is 8.02. The van der Waals surface area contributed by atoms with Crippen molar-refractivity contribution in [2.75, 3.05) is 17.2 Å². The minimum absolute atomic E-state index is 0.0614. The number of para-hydroxylation sites is 2. The number of hydrogen-bond donors (Lipinski definition) is 3. The zero-order valence-corrected chi connectivity index (χ0v) is 16.1. The number of anilines is 2. The Bertz CT molecular complexity index is 832. The first kappa shape index (κ1) is 20.9. The number of nitrogens with one attached hydrogen (secondary N) is 3. The van der Waals surface area contributed by atoms with Crippen molar-refractivity contribution >= 4 is 29.3 Å². The number of ether oxygens (including phenoxy) is 1. The van der Waals surface area contributed by atoms with Gasteiger partial charge in [0.15, 0.2) is 0 Å². The zero-order valence-electron chi connectivity index (χ0n) is 16.1. The number of alkyl carbamates (subject to hydrolysis) is 1. The summed E-state index contributed by atoms with van der Waals surface area (Å²) in [6.07, 6.45) is 2.54. The summed E-state index contributed by atoms with van der Waals surface area (Å²) in [4.78, 5) is 39.9. The SMILES string of the molecule is CC(C)(C)OC(=O)NCCC(=O)Nc1ccccc1NC(=O)c1ccncc1. The van der Waals surface area contributed by atoms with E-state index in [1.165, 1.54) is 12.4 Å². The van der Waals surface area contributed by atoms with Gasteiger partial charge < -0.3 is 20.7 Å². The quantitative estimate of drug-likeness (QED) is 0.709. The Kier molecular flexibility index (Phi) is 7.08. The highest BCUT2D eigenvalue weighted by Crippen LogP contribution is 2.22. The molecular weight excluding hydrogens is 360 g/mol. The second-order valence-corrected chi connectivity index (χ2v) is 6.96. The smallest absolute Gasteiger partial charge is 0.407 e. The molecule has 0 aliphatic rings. The third-order valence-electron chi connectivity index (χ3n) is 3.41. The Morgan fingerprint density at radius 3 is 2.18 bits per heavy atom. The lowest BCUT2D eigenvalue weighted by Gasteiger charge is -2.19. The van der Waals surface area contributed by atoms with Crippen LogP contribution in [0.3, 0.4) is 0 Å². The van der Waals surface area contributed by atoms with Crippen molar-refractivity contribution in [3.63, 3.8) is 0 Å². The molecule has 0 fully saturated rings. The lowest BCUT2D eigenvalue weighted by atomic mass is 10.2.